The summed E-state index contributed by atoms with van der Waals surface area (Å²) in [5, 5.41) is 3.19. The molecule has 3 aromatic rings. The monoisotopic (exact) mass is 327 g/mol. The van der Waals surface area contributed by atoms with Gasteiger partial charge >= 0.3 is 0 Å². The number of amides is 1. The van der Waals surface area contributed by atoms with Crippen molar-refractivity contribution in [3.63, 3.8) is 0 Å². The van der Waals surface area contributed by atoms with E-state index in [0.717, 1.165) is 5.56 Å². The molecule has 0 fully saturated rings. The van der Waals surface area contributed by atoms with Crippen molar-refractivity contribution >= 4 is 23.2 Å². The molecule has 0 aliphatic carbocycles. The lowest BCUT2D eigenvalue weighted by atomic mass is 10.2. The van der Waals surface area contributed by atoms with Gasteiger partial charge in [-0.25, -0.2) is 14.4 Å². The van der Waals surface area contributed by atoms with Gasteiger partial charge < -0.3 is 5.32 Å². The lowest BCUT2D eigenvalue weighted by molar-refractivity contribution is 0.102. The molecule has 1 heterocycles. The Balaban J connectivity index is 1.76. The first-order valence-corrected chi connectivity index (χ1v) is 7.15. The molecule has 0 saturated carbocycles. The van der Waals surface area contributed by atoms with Crippen LogP contribution in [0.25, 0.3) is 11.4 Å². The third-order valence-corrected chi connectivity index (χ3v) is 3.38. The number of hydrogen-bond donors (Lipinski definition) is 1. The maximum atomic E-state index is 13.6. The summed E-state index contributed by atoms with van der Waals surface area (Å²) < 4.78 is 13.6. The van der Waals surface area contributed by atoms with Gasteiger partial charge in [-0.1, -0.05) is 23.7 Å². The highest BCUT2D eigenvalue weighted by Gasteiger charge is 2.11. The van der Waals surface area contributed by atoms with Crippen molar-refractivity contribution in [1.82, 2.24) is 9.97 Å². The summed E-state index contributed by atoms with van der Waals surface area (Å²) in [6.45, 7) is 0. The van der Waals surface area contributed by atoms with E-state index in [4.69, 9.17) is 11.6 Å². The topological polar surface area (TPSA) is 54.9 Å². The lowest BCUT2D eigenvalue weighted by Gasteiger charge is -2.06. The molecule has 114 valence electrons. The molecule has 0 unspecified atom stereocenters. The van der Waals surface area contributed by atoms with E-state index >= 15 is 0 Å². The number of carbonyl (C=O) groups is 1. The highest BCUT2D eigenvalue weighted by molar-refractivity contribution is 6.30. The molecule has 0 spiro atoms. The Bertz CT molecular complexity index is 835. The number of benzene rings is 2. The predicted octanol–water partition coefficient (Wildman–Crippen LogP) is 4.19. The first-order valence-electron chi connectivity index (χ1n) is 6.77. The number of hydrogen-bond acceptors (Lipinski definition) is 3. The van der Waals surface area contributed by atoms with Gasteiger partial charge in [0.05, 0.1) is 23.6 Å². The maximum absolute atomic E-state index is 13.6. The van der Waals surface area contributed by atoms with Crippen molar-refractivity contribution in [2.75, 3.05) is 5.32 Å². The summed E-state index contributed by atoms with van der Waals surface area (Å²) >= 11 is 5.83. The summed E-state index contributed by atoms with van der Waals surface area (Å²) in [6.07, 6.45) is 2.94. The second kappa shape index (κ2) is 6.54. The summed E-state index contributed by atoms with van der Waals surface area (Å²) in [5.74, 6) is -0.625. The molecule has 0 saturated heterocycles. The number of aromatic nitrogens is 2. The van der Waals surface area contributed by atoms with E-state index in [1.165, 1.54) is 30.6 Å². The molecule has 23 heavy (non-hydrogen) atoms. The van der Waals surface area contributed by atoms with Crippen LogP contribution in [0.15, 0.2) is 60.9 Å². The molecule has 1 aromatic heterocycles. The van der Waals surface area contributed by atoms with Crippen molar-refractivity contribution < 1.29 is 9.18 Å². The zero-order valence-corrected chi connectivity index (χ0v) is 12.6. The minimum atomic E-state index is -0.580. The van der Waals surface area contributed by atoms with E-state index in [1.54, 1.807) is 30.3 Å². The van der Waals surface area contributed by atoms with E-state index in [0.29, 0.717) is 16.5 Å². The first-order chi connectivity index (χ1) is 11.1. The van der Waals surface area contributed by atoms with Crippen LogP contribution in [-0.2, 0) is 0 Å². The molecule has 6 heteroatoms. The van der Waals surface area contributed by atoms with Gasteiger partial charge in [-0.2, -0.15) is 0 Å². The Morgan fingerprint density at radius 3 is 2.30 bits per heavy atom. The molecule has 0 atom stereocenters. The van der Waals surface area contributed by atoms with Crippen LogP contribution in [0, 0.1) is 5.82 Å². The van der Waals surface area contributed by atoms with E-state index in [-0.39, 0.29) is 5.56 Å². The normalized spacial score (nSPS) is 10.3. The van der Waals surface area contributed by atoms with E-state index in [2.05, 4.69) is 15.3 Å². The minimum Gasteiger partial charge on any atom is -0.319 e. The SMILES string of the molecule is O=C(Nc1cnc(-c2ccc(Cl)cc2)nc1)c1ccccc1F. The second-order valence-corrected chi connectivity index (χ2v) is 5.17. The van der Waals surface area contributed by atoms with Crippen LogP contribution in [0.1, 0.15) is 10.4 Å². The predicted molar refractivity (Wildman–Crippen MR) is 86.8 cm³/mol. The average Bonchev–Trinajstić information content (AvgIpc) is 2.57. The Morgan fingerprint density at radius 1 is 1.00 bits per heavy atom. The van der Waals surface area contributed by atoms with Gasteiger partial charge in [0.25, 0.3) is 5.91 Å². The third-order valence-electron chi connectivity index (χ3n) is 3.13. The molecule has 0 aliphatic rings. The number of carbonyl (C=O) groups excluding carboxylic acids is 1. The largest absolute Gasteiger partial charge is 0.319 e. The zero-order chi connectivity index (χ0) is 16.2. The molecule has 1 N–H and O–H groups in total. The molecular weight excluding hydrogens is 317 g/mol. The van der Waals surface area contributed by atoms with Crippen LogP contribution in [-0.4, -0.2) is 15.9 Å². The van der Waals surface area contributed by atoms with Crippen molar-refractivity contribution in [3.8, 4) is 11.4 Å². The van der Waals surface area contributed by atoms with Crippen molar-refractivity contribution in [2.45, 2.75) is 0 Å². The second-order valence-electron chi connectivity index (χ2n) is 4.74. The molecule has 0 radical (unpaired) electrons. The fraction of sp³-hybridized carbons (Fsp3) is 0. The minimum absolute atomic E-state index is 0.0331. The standard InChI is InChI=1S/C17H11ClFN3O/c18-12-7-5-11(6-8-12)16-20-9-13(10-21-16)22-17(23)14-3-1-2-4-15(14)19/h1-10H,(H,22,23). The fourth-order valence-electron chi connectivity index (χ4n) is 1.98. The molecule has 4 nitrogen and oxygen atoms in total. The van der Waals surface area contributed by atoms with Crippen molar-refractivity contribution in [3.05, 3.63) is 77.3 Å². The average molecular weight is 328 g/mol. The lowest BCUT2D eigenvalue weighted by Crippen LogP contribution is -2.14. The summed E-state index contributed by atoms with van der Waals surface area (Å²) in [7, 11) is 0. The Morgan fingerprint density at radius 2 is 1.65 bits per heavy atom. The molecule has 0 bridgehead atoms. The van der Waals surface area contributed by atoms with Gasteiger partial charge in [0, 0.05) is 10.6 Å². The number of nitrogens with one attached hydrogen (secondary N) is 1. The van der Waals surface area contributed by atoms with Gasteiger partial charge in [-0.3, -0.25) is 4.79 Å². The first kappa shape index (κ1) is 15.1. The molecule has 2 aromatic carbocycles. The van der Waals surface area contributed by atoms with Crippen LogP contribution in [0.5, 0.6) is 0 Å². The quantitative estimate of drug-likeness (QED) is 0.784. The van der Waals surface area contributed by atoms with Gasteiger partial charge in [0.2, 0.25) is 0 Å². The highest BCUT2D eigenvalue weighted by atomic mass is 35.5. The Hall–Kier alpha value is -2.79. The summed E-state index contributed by atoms with van der Waals surface area (Å²) in [5.41, 5.74) is 1.16. The molecule has 3 rings (SSSR count). The number of rotatable bonds is 3. The number of nitrogens with zero attached hydrogens (tertiary/aromatic N) is 2. The summed E-state index contributed by atoms with van der Waals surface area (Å²) in [6, 6.07) is 12.9. The van der Waals surface area contributed by atoms with Crippen LogP contribution >= 0.6 is 11.6 Å². The fourth-order valence-corrected chi connectivity index (χ4v) is 2.11. The smallest absolute Gasteiger partial charge is 0.258 e. The van der Waals surface area contributed by atoms with Gasteiger partial charge in [-0.05, 0) is 36.4 Å². The molecule has 1 amide bonds. The molecule has 0 aliphatic heterocycles. The van der Waals surface area contributed by atoms with Gasteiger partial charge in [0.15, 0.2) is 5.82 Å². The van der Waals surface area contributed by atoms with Crippen LogP contribution in [0.2, 0.25) is 5.02 Å². The van der Waals surface area contributed by atoms with E-state index < -0.39 is 11.7 Å². The Kier molecular flexibility index (Phi) is 4.30. The third kappa shape index (κ3) is 3.52. The maximum Gasteiger partial charge on any atom is 0.258 e. The van der Waals surface area contributed by atoms with Crippen LogP contribution < -0.4 is 5.32 Å². The van der Waals surface area contributed by atoms with Crippen LogP contribution in [0.3, 0.4) is 0 Å². The Labute approximate surface area is 137 Å². The summed E-state index contributed by atoms with van der Waals surface area (Å²) in [4.78, 5) is 20.4. The van der Waals surface area contributed by atoms with Crippen molar-refractivity contribution in [1.29, 1.82) is 0 Å². The van der Waals surface area contributed by atoms with Gasteiger partial charge in [0.1, 0.15) is 5.82 Å². The highest BCUT2D eigenvalue weighted by Crippen LogP contribution is 2.19. The number of anilines is 1. The van der Waals surface area contributed by atoms with E-state index in [9.17, 15) is 9.18 Å². The van der Waals surface area contributed by atoms with Gasteiger partial charge in [-0.15, -0.1) is 0 Å². The van der Waals surface area contributed by atoms with Crippen molar-refractivity contribution in [2.24, 2.45) is 0 Å². The molecular formula is C17H11ClFN3O. The zero-order valence-electron chi connectivity index (χ0n) is 11.8. The van der Waals surface area contributed by atoms with Crippen LogP contribution in [0.4, 0.5) is 10.1 Å². The number of halogens is 2. The van der Waals surface area contributed by atoms with E-state index in [1.807, 2.05) is 0 Å².